The lowest BCUT2D eigenvalue weighted by molar-refractivity contribution is 0.128. The second-order valence-electron chi connectivity index (χ2n) is 10.2. The molecule has 1 aromatic heterocycles. The van der Waals surface area contributed by atoms with Gasteiger partial charge < -0.3 is 29.6 Å². The summed E-state index contributed by atoms with van der Waals surface area (Å²) in [6, 6.07) is 3.50. The van der Waals surface area contributed by atoms with Gasteiger partial charge in [-0.25, -0.2) is 0 Å². The number of aromatic hydroxyl groups is 4. The third kappa shape index (κ3) is 5.07. The fourth-order valence-corrected chi connectivity index (χ4v) is 4.46. The molecule has 1 atom stereocenters. The maximum Gasteiger partial charge on any atom is 0.200 e. The lowest BCUT2D eigenvalue weighted by atomic mass is 9.91. The van der Waals surface area contributed by atoms with Gasteiger partial charge >= 0.3 is 0 Å². The second-order valence-corrected chi connectivity index (χ2v) is 10.2. The van der Waals surface area contributed by atoms with Crippen molar-refractivity contribution in [3.63, 3.8) is 0 Å². The molecular formula is C30H32O7. The van der Waals surface area contributed by atoms with E-state index < -0.39 is 16.8 Å². The van der Waals surface area contributed by atoms with E-state index in [2.05, 4.69) is 6.08 Å². The zero-order valence-electron chi connectivity index (χ0n) is 21.7. The van der Waals surface area contributed by atoms with Crippen molar-refractivity contribution in [2.45, 2.75) is 59.5 Å². The second kappa shape index (κ2) is 9.73. The van der Waals surface area contributed by atoms with Gasteiger partial charge in [0.05, 0.1) is 5.56 Å². The van der Waals surface area contributed by atoms with Crippen LogP contribution in [0.4, 0.5) is 0 Å². The van der Waals surface area contributed by atoms with Crippen molar-refractivity contribution in [2.24, 2.45) is 0 Å². The van der Waals surface area contributed by atoms with E-state index in [1.165, 1.54) is 17.7 Å². The SMILES string of the molecule is CC(C)=CCCC1(C)C=Cc2c(O)cc(O)c(-c3oc4cc(O)cc(O)c4c(=O)c3CC=C(C)C)c2O1. The fourth-order valence-electron chi connectivity index (χ4n) is 4.46. The Hall–Kier alpha value is -4.13. The zero-order valence-corrected chi connectivity index (χ0v) is 21.7. The number of rotatable bonds is 6. The van der Waals surface area contributed by atoms with Gasteiger partial charge in [0.2, 0.25) is 5.43 Å². The fraction of sp³-hybridized carbons (Fsp3) is 0.300. The average molecular weight is 505 g/mol. The van der Waals surface area contributed by atoms with E-state index in [9.17, 15) is 25.2 Å². The van der Waals surface area contributed by atoms with Crippen molar-refractivity contribution in [3.05, 3.63) is 68.9 Å². The summed E-state index contributed by atoms with van der Waals surface area (Å²) in [5.41, 5.74) is 1.52. The molecule has 7 nitrogen and oxygen atoms in total. The summed E-state index contributed by atoms with van der Waals surface area (Å²) in [4.78, 5) is 13.6. The van der Waals surface area contributed by atoms with Crippen LogP contribution in [0.25, 0.3) is 28.4 Å². The molecule has 0 radical (unpaired) electrons. The molecule has 194 valence electrons. The molecule has 0 fully saturated rings. The molecule has 4 N–H and O–H groups in total. The Morgan fingerprint density at radius 1 is 0.946 bits per heavy atom. The molecule has 1 aliphatic heterocycles. The number of ether oxygens (including phenoxy) is 1. The number of phenolic OH excluding ortho intramolecular Hbond substituents is 4. The molecule has 4 rings (SSSR count). The van der Waals surface area contributed by atoms with E-state index in [0.717, 1.165) is 18.1 Å². The standard InChI is InChI=1S/C30H32O7/c1-16(2)7-6-11-30(5)12-10-19-21(32)15-23(34)26(29(19)37-30)28-20(9-8-17(3)4)27(35)25-22(33)13-18(31)14-24(25)36-28/h7-8,10,12-15,31-34H,6,9,11H2,1-5H3. The predicted octanol–water partition coefficient (Wildman–Crippen LogP) is 6.70. The Morgan fingerprint density at radius 3 is 2.32 bits per heavy atom. The lowest BCUT2D eigenvalue weighted by Gasteiger charge is -2.33. The summed E-state index contributed by atoms with van der Waals surface area (Å²) in [5.74, 6) is -0.969. The first-order valence-corrected chi connectivity index (χ1v) is 12.2. The number of fused-ring (bicyclic) bond motifs is 2. The Bertz CT molecular complexity index is 1530. The monoisotopic (exact) mass is 504 g/mol. The first-order chi connectivity index (χ1) is 17.4. The first-order valence-electron chi connectivity index (χ1n) is 12.2. The van der Waals surface area contributed by atoms with Crippen molar-refractivity contribution >= 4 is 17.0 Å². The number of benzene rings is 2. The Morgan fingerprint density at radius 2 is 1.65 bits per heavy atom. The predicted molar refractivity (Wildman–Crippen MR) is 144 cm³/mol. The molecule has 2 heterocycles. The van der Waals surface area contributed by atoms with Crippen molar-refractivity contribution in [2.75, 3.05) is 0 Å². The third-order valence-electron chi connectivity index (χ3n) is 6.40. The van der Waals surface area contributed by atoms with E-state index in [1.807, 2.05) is 46.8 Å². The van der Waals surface area contributed by atoms with Crippen LogP contribution < -0.4 is 10.2 Å². The topological polar surface area (TPSA) is 120 Å². The third-order valence-corrected chi connectivity index (χ3v) is 6.40. The van der Waals surface area contributed by atoms with Gasteiger partial charge in [0.25, 0.3) is 0 Å². The normalized spacial score (nSPS) is 16.2. The van der Waals surface area contributed by atoms with E-state index in [1.54, 1.807) is 6.08 Å². The summed E-state index contributed by atoms with van der Waals surface area (Å²) >= 11 is 0. The van der Waals surface area contributed by atoms with Crippen molar-refractivity contribution in [1.82, 2.24) is 0 Å². The largest absolute Gasteiger partial charge is 0.508 e. The molecule has 7 heteroatoms. The number of hydrogen-bond donors (Lipinski definition) is 4. The number of allylic oxidation sites excluding steroid dienone is 4. The van der Waals surface area contributed by atoms with Crippen LogP contribution in [0, 0.1) is 0 Å². The Balaban J connectivity index is 2.00. The minimum atomic E-state index is -0.748. The maximum absolute atomic E-state index is 13.6. The smallest absolute Gasteiger partial charge is 0.200 e. The van der Waals surface area contributed by atoms with Gasteiger partial charge in [-0.15, -0.1) is 0 Å². The maximum atomic E-state index is 13.6. The van der Waals surface area contributed by atoms with Crippen LogP contribution in [0.3, 0.4) is 0 Å². The van der Waals surface area contributed by atoms with Crippen LogP contribution in [0.5, 0.6) is 28.7 Å². The molecule has 1 unspecified atom stereocenters. The highest BCUT2D eigenvalue weighted by Crippen LogP contribution is 2.50. The van der Waals surface area contributed by atoms with Gasteiger partial charge in [-0.05, 0) is 66.0 Å². The highest BCUT2D eigenvalue weighted by atomic mass is 16.5. The zero-order chi connectivity index (χ0) is 27.1. The Kier molecular flexibility index (Phi) is 6.82. The van der Waals surface area contributed by atoms with Crippen LogP contribution in [-0.2, 0) is 6.42 Å². The van der Waals surface area contributed by atoms with E-state index in [0.29, 0.717) is 12.0 Å². The van der Waals surface area contributed by atoms with E-state index in [-0.39, 0.29) is 57.3 Å². The highest BCUT2D eigenvalue weighted by molar-refractivity contribution is 5.90. The van der Waals surface area contributed by atoms with Crippen LogP contribution in [-0.4, -0.2) is 26.0 Å². The summed E-state index contributed by atoms with van der Waals surface area (Å²) < 4.78 is 12.5. The van der Waals surface area contributed by atoms with Gasteiger partial charge in [0.15, 0.2) is 0 Å². The minimum Gasteiger partial charge on any atom is -0.508 e. The highest BCUT2D eigenvalue weighted by Gasteiger charge is 2.34. The van der Waals surface area contributed by atoms with Gasteiger partial charge in [-0.3, -0.25) is 4.79 Å². The molecule has 0 aliphatic carbocycles. The van der Waals surface area contributed by atoms with Crippen molar-refractivity contribution < 1.29 is 29.6 Å². The molecule has 2 aromatic carbocycles. The Labute approximate surface area is 215 Å². The molecular weight excluding hydrogens is 472 g/mol. The van der Waals surface area contributed by atoms with Crippen LogP contribution in [0.2, 0.25) is 0 Å². The van der Waals surface area contributed by atoms with Crippen LogP contribution in [0.15, 0.2) is 56.8 Å². The number of phenols is 4. The number of hydrogen-bond acceptors (Lipinski definition) is 7. The molecule has 1 aliphatic rings. The van der Waals surface area contributed by atoms with Crippen LogP contribution in [0.1, 0.15) is 58.6 Å². The lowest BCUT2D eigenvalue weighted by Crippen LogP contribution is -2.32. The quantitative estimate of drug-likeness (QED) is 0.276. The van der Waals surface area contributed by atoms with E-state index in [4.69, 9.17) is 9.15 Å². The van der Waals surface area contributed by atoms with E-state index >= 15 is 0 Å². The molecule has 37 heavy (non-hydrogen) atoms. The van der Waals surface area contributed by atoms with Gasteiger partial charge in [0.1, 0.15) is 56.6 Å². The van der Waals surface area contributed by atoms with Crippen molar-refractivity contribution in [1.29, 1.82) is 0 Å². The molecule has 0 saturated carbocycles. The first kappa shape index (κ1) is 25.9. The minimum absolute atomic E-state index is 0.0377. The molecule has 0 bridgehead atoms. The molecule has 0 spiro atoms. The molecule has 0 amide bonds. The average Bonchev–Trinajstić information content (AvgIpc) is 2.77. The summed E-state index contributed by atoms with van der Waals surface area (Å²) in [6.07, 6.45) is 9.12. The molecule has 0 saturated heterocycles. The molecule has 3 aromatic rings. The summed E-state index contributed by atoms with van der Waals surface area (Å²) in [7, 11) is 0. The van der Waals surface area contributed by atoms with Crippen molar-refractivity contribution in [3.8, 4) is 40.1 Å². The van der Waals surface area contributed by atoms with Gasteiger partial charge in [-0.2, -0.15) is 0 Å². The summed E-state index contributed by atoms with van der Waals surface area (Å²) in [6.45, 7) is 9.74. The van der Waals surface area contributed by atoms with Gasteiger partial charge in [0, 0.05) is 23.8 Å². The van der Waals surface area contributed by atoms with Gasteiger partial charge in [-0.1, -0.05) is 23.3 Å². The summed E-state index contributed by atoms with van der Waals surface area (Å²) in [5, 5.41) is 42.0. The van der Waals surface area contributed by atoms with Crippen LogP contribution >= 0.6 is 0 Å².